The fourth-order valence-electron chi connectivity index (χ4n) is 3.67. The van der Waals surface area contributed by atoms with Gasteiger partial charge in [-0.25, -0.2) is 12.8 Å². The quantitative estimate of drug-likeness (QED) is 0.615. The number of nitrogens with one attached hydrogen (secondary N) is 1. The Morgan fingerprint density at radius 2 is 1.68 bits per heavy atom. The minimum atomic E-state index is -3.59. The van der Waals surface area contributed by atoms with Crippen LogP contribution in [0.1, 0.15) is 26.7 Å². The van der Waals surface area contributed by atoms with Gasteiger partial charge in [-0.1, -0.05) is 18.2 Å². The molecule has 0 atom stereocenters. The van der Waals surface area contributed by atoms with Crippen LogP contribution in [-0.4, -0.2) is 68.7 Å². The highest BCUT2D eigenvalue weighted by molar-refractivity contribution is 7.89. The predicted molar refractivity (Wildman–Crippen MR) is 130 cm³/mol. The molecular weight excluding hydrogens is 459 g/mol. The van der Waals surface area contributed by atoms with Crippen molar-refractivity contribution in [2.24, 2.45) is 0 Å². The molecule has 1 aliphatic heterocycles. The van der Waals surface area contributed by atoms with Crippen molar-refractivity contribution >= 4 is 33.2 Å². The molecule has 0 aliphatic carbocycles. The Morgan fingerprint density at radius 3 is 2.26 bits per heavy atom. The number of hydrogen-bond donors (Lipinski definition) is 1. The van der Waals surface area contributed by atoms with E-state index in [1.807, 2.05) is 13.8 Å². The van der Waals surface area contributed by atoms with E-state index in [4.69, 9.17) is 0 Å². The highest BCUT2D eigenvalue weighted by Gasteiger charge is 2.30. The lowest BCUT2D eigenvalue weighted by molar-refractivity contribution is -0.133. The van der Waals surface area contributed by atoms with Gasteiger partial charge in [-0.05, 0) is 44.2 Å². The maximum Gasteiger partial charge on any atom is 0.243 e. The summed E-state index contributed by atoms with van der Waals surface area (Å²) >= 11 is 0. The Labute approximate surface area is 200 Å². The minimum Gasteiger partial charge on any atom is -0.370 e. The van der Waals surface area contributed by atoms with Crippen LogP contribution in [-0.2, 0) is 19.6 Å². The van der Waals surface area contributed by atoms with Gasteiger partial charge in [0.05, 0.1) is 10.6 Å². The molecule has 1 N–H and O–H groups in total. The zero-order valence-electron chi connectivity index (χ0n) is 19.7. The Bertz CT molecular complexity index is 1120. The fourth-order valence-corrected chi connectivity index (χ4v) is 5.11. The van der Waals surface area contributed by atoms with Crippen LogP contribution >= 0.6 is 0 Å². The summed E-state index contributed by atoms with van der Waals surface area (Å²) in [7, 11) is -1.80. The summed E-state index contributed by atoms with van der Waals surface area (Å²) in [6.07, 6.45) is -0.0510. The van der Waals surface area contributed by atoms with Crippen LogP contribution in [0.5, 0.6) is 0 Å². The van der Waals surface area contributed by atoms with Gasteiger partial charge in [-0.15, -0.1) is 0 Å². The summed E-state index contributed by atoms with van der Waals surface area (Å²) in [5.74, 6) is -1.04. The highest BCUT2D eigenvalue weighted by Crippen LogP contribution is 2.24. The van der Waals surface area contributed by atoms with Gasteiger partial charge < -0.3 is 15.1 Å². The van der Waals surface area contributed by atoms with E-state index in [1.54, 1.807) is 59.3 Å². The largest absolute Gasteiger partial charge is 0.370 e. The normalized spacial score (nSPS) is 14.8. The fraction of sp³-hybridized carbons (Fsp3) is 0.417. The van der Waals surface area contributed by atoms with Crippen LogP contribution < -0.4 is 10.2 Å². The average Bonchev–Trinajstić information content (AvgIpc) is 2.83. The molecule has 10 heteroatoms. The average molecular weight is 491 g/mol. The summed E-state index contributed by atoms with van der Waals surface area (Å²) < 4.78 is 41.2. The summed E-state index contributed by atoms with van der Waals surface area (Å²) in [6, 6.07) is 12.8. The topological polar surface area (TPSA) is 90.0 Å². The number of hydrogen-bond acceptors (Lipinski definition) is 5. The predicted octanol–water partition coefficient (Wildman–Crippen LogP) is 2.92. The Balaban J connectivity index is 1.47. The molecule has 0 unspecified atom stereocenters. The Morgan fingerprint density at radius 1 is 1.03 bits per heavy atom. The monoisotopic (exact) mass is 490 g/mol. The maximum absolute atomic E-state index is 14.4. The second-order valence-corrected chi connectivity index (χ2v) is 10.5. The van der Waals surface area contributed by atoms with E-state index < -0.39 is 15.8 Å². The lowest BCUT2D eigenvalue weighted by Gasteiger charge is -2.34. The van der Waals surface area contributed by atoms with Crippen LogP contribution in [0.25, 0.3) is 0 Å². The van der Waals surface area contributed by atoms with E-state index in [1.165, 1.54) is 10.4 Å². The molecule has 2 aromatic rings. The molecule has 8 nitrogen and oxygen atoms in total. The van der Waals surface area contributed by atoms with E-state index in [0.29, 0.717) is 11.4 Å². The van der Waals surface area contributed by atoms with Crippen molar-refractivity contribution in [1.82, 2.24) is 9.21 Å². The van der Waals surface area contributed by atoms with Crippen LogP contribution in [0, 0.1) is 5.82 Å². The lowest BCUT2D eigenvalue weighted by atomic mass is 10.2. The molecule has 3 rings (SSSR count). The van der Waals surface area contributed by atoms with Gasteiger partial charge in [0.2, 0.25) is 21.8 Å². The van der Waals surface area contributed by atoms with Gasteiger partial charge in [0.25, 0.3) is 0 Å². The van der Waals surface area contributed by atoms with E-state index in [2.05, 4.69) is 5.32 Å². The van der Waals surface area contributed by atoms with E-state index >= 15 is 0 Å². The van der Waals surface area contributed by atoms with E-state index in [-0.39, 0.29) is 61.8 Å². The Kier molecular flexibility index (Phi) is 8.27. The van der Waals surface area contributed by atoms with Crippen LogP contribution in [0.4, 0.5) is 15.8 Å². The first-order valence-corrected chi connectivity index (χ1v) is 12.7. The SMILES string of the molecule is CC(C)N(C)c1ccc(NC(=O)CCC(=O)N2CCN(S(=O)(=O)c3ccccc3)CC2)cc1F. The molecule has 1 heterocycles. The molecule has 0 saturated carbocycles. The van der Waals surface area contributed by atoms with Gasteiger partial charge in [0.1, 0.15) is 5.82 Å². The van der Waals surface area contributed by atoms with Crippen molar-refractivity contribution in [2.45, 2.75) is 37.6 Å². The molecule has 2 amide bonds. The number of carbonyl (C=O) groups is 2. The molecule has 0 radical (unpaired) electrons. The van der Waals surface area contributed by atoms with Crippen molar-refractivity contribution in [3.8, 4) is 0 Å². The second kappa shape index (κ2) is 11.0. The smallest absolute Gasteiger partial charge is 0.243 e. The molecule has 0 aromatic heterocycles. The third-order valence-corrected chi connectivity index (χ3v) is 7.84. The van der Waals surface area contributed by atoms with Gasteiger partial charge in [-0.2, -0.15) is 4.31 Å². The molecule has 0 spiro atoms. The van der Waals surface area contributed by atoms with Crippen molar-refractivity contribution in [3.63, 3.8) is 0 Å². The summed E-state index contributed by atoms with van der Waals surface area (Å²) in [5, 5.41) is 2.63. The first-order chi connectivity index (χ1) is 16.1. The zero-order valence-corrected chi connectivity index (χ0v) is 20.5. The standard InChI is InChI=1S/C24H31FN4O4S/c1-18(2)27(3)22-10-9-19(17-21(22)25)26-23(30)11-12-24(31)28-13-15-29(16-14-28)34(32,33)20-7-5-4-6-8-20/h4-10,17-18H,11-16H2,1-3H3,(H,26,30). The molecule has 1 aliphatic rings. The Hall–Kier alpha value is -2.98. The van der Waals surface area contributed by atoms with Crippen molar-refractivity contribution in [1.29, 1.82) is 0 Å². The first-order valence-electron chi connectivity index (χ1n) is 11.2. The van der Waals surface area contributed by atoms with Gasteiger partial charge in [0.15, 0.2) is 0 Å². The summed E-state index contributed by atoms with van der Waals surface area (Å²) in [5.41, 5.74) is 0.771. The van der Waals surface area contributed by atoms with Gasteiger partial charge in [0, 0.05) is 57.8 Å². The van der Waals surface area contributed by atoms with Gasteiger partial charge in [-0.3, -0.25) is 9.59 Å². The molecule has 1 fully saturated rings. The van der Waals surface area contributed by atoms with E-state index in [0.717, 1.165) is 0 Å². The van der Waals surface area contributed by atoms with Crippen LogP contribution in [0.3, 0.4) is 0 Å². The third-order valence-electron chi connectivity index (χ3n) is 5.92. The van der Waals surface area contributed by atoms with E-state index in [9.17, 15) is 22.4 Å². The number of carbonyl (C=O) groups excluding carboxylic acids is 2. The number of sulfonamides is 1. The van der Waals surface area contributed by atoms with Crippen LogP contribution in [0.2, 0.25) is 0 Å². The number of nitrogens with zero attached hydrogens (tertiary/aromatic N) is 3. The third kappa shape index (κ3) is 6.12. The first kappa shape index (κ1) is 25.6. The molecular formula is C24H31FN4O4S. The minimum absolute atomic E-state index is 0.00603. The molecule has 34 heavy (non-hydrogen) atoms. The van der Waals surface area contributed by atoms with Crippen molar-refractivity contribution < 1.29 is 22.4 Å². The maximum atomic E-state index is 14.4. The highest BCUT2D eigenvalue weighted by atomic mass is 32.2. The molecule has 2 aromatic carbocycles. The van der Waals surface area contributed by atoms with Crippen molar-refractivity contribution in [3.05, 3.63) is 54.3 Å². The molecule has 0 bridgehead atoms. The lowest BCUT2D eigenvalue weighted by Crippen LogP contribution is -2.50. The number of piperazine rings is 1. The number of anilines is 2. The van der Waals surface area contributed by atoms with Crippen LogP contribution in [0.15, 0.2) is 53.4 Å². The van der Waals surface area contributed by atoms with Crippen molar-refractivity contribution in [2.75, 3.05) is 43.4 Å². The van der Waals surface area contributed by atoms with Gasteiger partial charge >= 0.3 is 0 Å². The number of halogens is 1. The number of amides is 2. The number of benzene rings is 2. The number of rotatable bonds is 8. The zero-order chi connectivity index (χ0) is 24.9. The second-order valence-electron chi connectivity index (χ2n) is 8.52. The molecule has 1 saturated heterocycles. The summed E-state index contributed by atoms with van der Waals surface area (Å²) in [6.45, 7) is 4.84. The summed E-state index contributed by atoms with van der Waals surface area (Å²) in [4.78, 5) is 28.4. The molecule has 184 valence electrons.